The van der Waals surface area contributed by atoms with Crippen LogP contribution < -0.4 is 10.1 Å². The fourth-order valence-corrected chi connectivity index (χ4v) is 4.84. The minimum absolute atomic E-state index is 0.0596. The van der Waals surface area contributed by atoms with Crippen molar-refractivity contribution in [1.82, 2.24) is 14.8 Å². The highest BCUT2D eigenvalue weighted by molar-refractivity contribution is 7.99. The van der Waals surface area contributed by atoms with Gasteiger partial charge < -0.3 is 14.6 Å². The van der Waals surface area contributed by atoms with Crippen LogP contribution in [0.15, 0.2) is 54.2 Å². The molecule has 0 radical (unpaired) electrons. The number of nitrogens with one attached hydrogen (secondary N) is 1. The van der Waals surface area contributed by atoms with Crippen LogP contribution in [0.3, 0.4) is 0 Å². The fourth-order valence-electron chi connectivity index (χ4n) is 4.08. The second-order valence-corrected chi connectivity index (χ2v) is 11.1. The normalized spacial score (nSPS) is 11.4. The number of anilines is 1. The summed E-state index contributed by atoms with van der Waals surface area (Å²) in [6, 6.07) is 12.5. The Labute approximate surface area is 219 Å². The number of benzene rings is 2. The number of carbonyl (C=O) groups is 1. The summed E-state index contributed by atoms with van der Waals surface area (Å²) in [5.41, 5.74) is 5.61. The largest absolute Gasteiger partial charge is 0.494 e. The molecule has 3 aromatic rings. The van der Waals surface area contributed by atoms with E-state index < -0.39 is 0 Å². The highest BCUT2D eigenvalue weighted by Crippen LogP contribution is 2.25. The smallest absolute Gasteiger partial charge is 0.234 e. The minimum atomic E-state index is -0.0596. The number of rotatable bonds is 11. The molecule has 1 aromatic heterocycles. The molecule has 0 aliphatic rings. The van der Waals surface area contributed by atoms with Gasteiger partial charge >= 0.3 is 0 Å². The number of aryl methyl sites for hydroxylation is 4. The van der Waals surface area contributed by atoms with Crippen LogP contribution in [0.4, 0.5) is 5.69 Å². The van der Waals surface area contributed by atoms with E-state index in [1.165, 1.54) is 22.9 Å². The van der Waals surface area contributed by atoms with E-state index in [0.29, 0.717) is 13.2 Å². The number of carbonyl (C=O) groups excluding carboxylic acids is 1. The molecular weight excluding hydrogens is 468 g/mol. The molecule has 3 rings (SSSR count). The number of allylic oxidation sites excluding steroid dienone is 1. The summed E-state index contributed by atoms with van der Waals surface area (Å²) >= 11 is 1.39. The van der Waals surface area contributed by atoms with Gasteiger partial charge in [0.1, 0.15) is 11.6 Å². The molecule has 2 aromatic carbocycles. The van der Waals surface area contributed by atoms with E-state index in [-0.39, 0.29) is 17.1 Å². The summed E-state index contributed by atoms with van der Waals surface area (Å²) in [4.78, 5) is 12.6. The van der Waals surface area contributed by atoms with Crippen LogP contribution in [0.1, 0.15) is 55.3 Å². The lowest BCUT2D eigenvalue weighted by atomic mass is 9.87. The second kappa shape index (κ2) is 12.3. The van der Waals surface area contributed by atoms with Crippen molar-refractivity contribution in [1.29, 1.82) is 0 Å². The predicted molar refractivity (Wildman–Crippen MR) is 149 cm³/mol. The van der Waals surface area contributed by atoms with Crippen LogP contribution in [0.25, 0.3) is 0 Å². The molecule has 36 heavy (non-hydrogen) atoms. The van der Waals surface area contributed by atoms with E-state index in [1.807, 2.05) is 36.6 Å². The zero-order valence-electron chi connectivity index (χ0n) is 22.4. The van der Waals surface area contributed by atoms with Crippen molar-refractivity contribution < 1.29 is 9.53 Å². The van der Waals surface area contributed by atoms with Gasteiger partial charge in [-0.05, 0) is 61.4 Å². The number of hydrogen-bond acceptors (Lipinski definition) is 5. The molecular formula is C29H38N4O2S. The standard InChI is InChI=1S/C29H38N4O2S/c1-8-15-33-25(10-9-16-35-24-13-11-23(12-14-24)29(5,6)7)31-32-28(33)36-19-26(34)30-27-21(3)17-20(2)18-22(27)4/h8,11-14,17-18H,1,9-10,15-16,19H2,2-7H3,(H,30,34). The summed E-state index contributed by atoms with van der Waals surface area (Å²) in [6.07, 6.45) is 3.37. The van der Waals surface area contributed by atoms with Gasteiger partial charge in [-0.25, -0.2) is 0 Å². The first-order chi connectivity index (χ1) is 17.1. The van der Waals surface area contributed by atoms with Crippen LogP contribution in [-0.4, -0.2) is 33.0 Å². The first-order valence-corrected chi connectivity index (χ1v) is 13.3. The molecule has 1 heterocycles. The summed E-state index contributed by atoms with van der Waals surface area (Å²) < 4.78 is 7.95. The third kappa shape index (κ3) is 7.47. The van der Waals surface area contributed by atoms with E-state index in [0.717, 1.165) is 46.4 Å². The Morgan fingerprint density at radius 1 is 1.11 bits per heavy atom. The number of hydrogen-bond donors (Lipinski definition) is 1. The van der Waals surface area contributed by atoms with Gasteiger partial charge in [0, 0.05) is 18.7 Å². The third-order valence-corrected chi connectivity index (χ3v) is 6.88. The summed E-state index contributed by atoms with van der Waals surface area (Å²) in [6.45, 7) is 17.7. The van der Waals surface area contributed by atoms with Gasteiger partial charge in [-0.15, -0.1) is 16.8 Å². The van der Waals surface area contributed by atoms with E-state index in [4.69, 9.17) is 4.74 Å². The van der Waals surface area contributed by atoms with Crippen molar-refractivity contribution in [3.05, 3.63) is 77.1 Å². The summed E-state index contributed by atoms with van der Waals surface area (Å²) in [5, 5.41) is 12.5. The molecule has 1 amide bonds. The van der Waals surface area contributed by atoms with Crippen molar-refractivity contribution in [3.8, 4) is 5.75 Å². The molecule has 0 saturated carbocycles. The highest BCUT2D eigenvalue weighted by atomic mass is 32.2. The lowest BCUT2D eigenvalue weighted by Gasteiger charge is -2.19. The maximum atomic E-state index is 12.6. The van der Waals surface area contributed by atoms with E-state index in [9.17, 15) is 4.79 Å². The second-order valence-electron chi connectivity index (χ2n) is 10.1. The number of ether oxygens (including phenoxy) is 1. The predicted octanol–water partition coefficient (Wildman–Crippen LogP) is 6.43. The van der Waals surface area contributed by atoms with Crippen molar-refractivity contribution in [2.75, 3.05) is 17.7 Å². The van der Waals surface area contributed by atoms with Crippen LogP contribution in [0.5, 0.6) is 5.75 Å². The Morgan fingerprint density at radius 3 is 2.39 bits per heavy atom. The van der Waals surface area contributed by atoms with Crippen LogP contribution in [-0.2, 0) is 23.2 Å². The average Bonchev–Trinajstić information content (AvgIpc) is 3.19. The zero-order chi connectivity index (χ0) is 26.3. The molecule has 6 nitrogen and oxygen atoms in total. The topological polar surface area (TPSA) is 69.0 Å². The molecule has 0 bridgehead atoms. The van der Waals surface area contributed by atoms with Gasteiger partial charge in [-0.3, -0.25) is 4.79 Å². The Balaban J connectivity index is 1.53. The van der Waals surface area contributed by atoms with E-state index in [1.54, 1.807) is 0 Å². The summed E-state index contributed by atoms with van der Waals surface area (Å²) in [5.74, 6) is 1.94. The van der Waals surface area contributed by atoms with E-state index >= 15 is 0 Å². The Hall–Kier alpha value is -3.06. The first kappa shape index (κ1) is 27.5. The number of aromatic nitrogens is 3. The lowest BCUT2D eigenvalue weighted by Crippen LogP contribution is -2.16. The molecule has 0 saturated heterocycles. The molecule has 7 heteroatoms. The van der Waals surface area contributed by atoms with Gasteiger partial charge in [0.25, 0.3) is 0 Å². The van der Waals surface area contributed by atoms with Crippen molar-refractivity contribution >= 4 is 23.4 Å². The molecule has 0 atom stereocenters. The van der Waals surface area contributed by atoms with Gasteiger partial charge in [0.2, 0.25) is 5.91 Å². The Kier molecular flexibility index (Phi) is 9.37. The van der Waals surface area contributed by atoms with Crippen molar-refractivity contribution in [3.63, 3.8) is 0 Å². The molecule has 1 N–H and O–H groups in total. The number of amides is 1. The maximum Gasteiger partial charge on any atom is 0.234 e. The van der Waals surface area contributed by atoms with Crippen LogP contribution >= 0.6 is 11.8 Å². The quantitative estimate of drug-likeness (QED) is 0.184. The number of nitrogens with zero attached hydrogens (tertiary/aromatic N) is 3. The summed E-state index contributed by atoms with van der Waals surface area (Å²) in [7, 11) is 0. The highest BCUT2D eigenvalue weighted by Gasteiger charge is 2.15. The lowest BCUT2D eigenvalue weighted by molar-refractivity contribution is -0.113. The van der Waals surface area contributed by atoms with Gasteiger partial charge in [-0.2, -0.15) is 0 Å². The van der Waals surface area contributed by atoms with Gasteiger partial charge in [0.05, 0.1) is 12.4 Å². The number of thioether (sulfide) groups is 1. The van der Waals surface area contributed by atoms with Crippen LogP contribution in [0, 0.1) is 20.8 Å². The van der Waals surface area contributed by atoms with Crippen molar-refractivity contribution in [2.45, 2.75) is 71.5 Å². The maximum absolute atomic E-state index is 12.6. The van der Waals surface area contributed by atoms with Gasteiger partial charge in [-0.1, -0.05) is 68.4 Å². The average molecular weight is 507 g/mol. The van der Waals surface area contributed by atoms with E-state index in [2.05, 4.69) is 74.1 Å². The fraction of sp³-hybridized carbons (Fsp3) is 0.414. The van der Waals surface area contributed by atoms with Gasteiger partial charge in [0.15, 0.2) is 5.16 Å². The molecule has 192 valence electrons. The van der Waals surface area contributed by atoms with Crippen molar-refractivity contribution in [2.24, 2.45) is 0 Å². The Bertz CT molecular complexity index is 1170. The Morgan fingerprint density at radius 2 is 1.78 bits per heavy atom. The monoisotopic (exact) mass is 506 g/mol. The molecule has 0 fully saturated rings. The minimum Gasteiger partial charge on any atom is -0.494 e. The molecule has 0 spiro atoms. The molecule has 0 aliphatic carbocycles. The zero-order valence-corrected chi connectivity index (χ0v) is 23.2. The third-order valence-electron chi connectivity index (χ3n) is 5.91. The molecule has 0 aliphatic heterocycles. The molecule has 0 unspecified atom stereocenters. The first-order valence-electron chi connectivity index (χ1n) is 12.4. The SMILES string of the molecule is C=CCn1c(CCCOc2ccc(C(C)(C)C)cc2)nnc1SCC(=O)Nc1c(C)cc(C)cc1C. The van der Waals surface area contributed by atoms with Crippen LogP contribution in [0.2, 0.25) is 0 Å².